The first-order valence-corrected chi connectivity index (χ1v) is 12.2. The lowest BCUT2D eigenvalue weighted by atomic mass is 10.1. The van der Waals surface area contributed by atoms with Crippen molar-refractivity contribution in [2.24, 2.45) is 0 Å². The molecule has 1 saturated heterocycles. The van der Waals surface area contributed by atoms with E-state index in [4.69, 9.17) is 25.8 Å². The quantitative estimate of drug-likeness (QED) is 0.459. The van der Waals surface area contributed by atoms with Crippen LogP contribution >= 0.6 is 11.6 Å². The Labute approximate surface area is 211 Å². The molecule has 7 nitrogen and oxygen atoms in total. The van der Waals surface area contributed by atoms with E-state index >= 15 is 0 Å². The van der Waals surface area contributed by atoms with Crippen LogP contribution in [-0.4, -0.2) is 52.4 Å². The zero-order chi connectivity index (χ0) is 24.8. The van der Waals surface area contributed by atoms with Crippen molar-refractivity contribution in [2.75, 3.05) is 19.7 Å². The van der Waals surface area contributed by atoms with Crippen molar-refractivity contribution in [3.05, 3.63) is 82.9 Å². The predicted molar refractivity (Wildman–Crippen MR) is 135 cm³/mol. The van der Waals surface area contributed by atoms with Crippen molar-refractivity contribution in [3.8, 4) is 5.75 Å². The fraction of sp³-hybridized carbons (Fsp3) is 0.407. The van der Waals surface area contributed by atoms with Gasteiger partial charge < -0.3 is 24.1 Å². The number of H-pyrrole nitrogens is 1. The first kappa shape index (κ1) is 25.1. The summed E-state index contributed by atoms with van der Waals surface area (Å²) >= 11 is 6.63. The topological polar surface area (TPSA) is 76.7 Å². The maximum atomic E-state index is 12.4. The first-order valence-electron chi connectivity index (χ1n) is 11.8. The van der Waals surface area contributed by atoms with Crippen LogP contribution in [-0.2, 0) is 22.3 Å². The number of imidazole rings is 1. The minimum absolute atomic E-state index is 0.131. The summed E-state index contributed by atoms with van der Waals surface area (Å²) in [5.74, 6) is 1.33. The van der Waals surface area contributed by atoms with E-state index in [-0.39, 0.29) is 18.3 Å². The van der Waals surface area contributed by atoms with Gasteiger partial charge in [0.1, 0.15) is 17.2 Å². The molecule has 2 heterocycles. The number of hydrogen-bond donors (Lipinski definition) is 1. The van der Waals surface area contributed by atoms with Gasteiger partial charge >= 0.3 is 6.09 Å². The van der Waals surface area contributed by atoms with E-state index in [0.717, 1.165) is 17.0 Å². The largest absolute Gasteiger partial charge is 0.481 e. The molecule has 4 rings (SSSR count). The van der Waals surface area contributed by atoms with E-state index in [1.165, 1.54) is 0 Å². The molecule has 1 aliphatic rings. The van der Waals surface area contributed by atoms with Gasteiger partial charge in [-0.2, -0.15) is 0 Å². The Morgan fingerprint density at radius 1 is 1.23 bits per heavy atom. The van der Waals surface area contributed by atoms with Gasteiger partial charge in [0, 0.05) is 31.8 Å². The van der Waals surface area contributed by atoms with Gasteiger partial charge in [-0.15, -0.1) is 0 Å². The first-order chi connectivity index (χ1) is 16.8. The number of carbonyl (C=O) groups is 1. The second-order valence-electron chi connectivity index (χ2n) is 9.66. The van der Waals surface area contributed by atoms with Crippen molar-refractivity contribution in [1.29, 1.82) is 0 Å². The van der Waals surface area contributed by atoms with Crippen LogP contribution in [0, 0.1) is 0 Å². The number of benzene rings is 2. The lowest BCUT2D eigenvalue weighted by Crippen LogP contribution is -2.48. The smallest absolute Gasteiger partial charge is 0.410 e. The zero-order valence-corrected chi connectivity index (χ0v) is 21.1. The predicted octanol–water partition coefficient (Wildman–Crippen LogP) is 5.60. The molecule has 1 aromatic heterocycles. The number of rotatable bonds is 7. The Bertz CT molecular complexity index is 1100. The van der Waals surface area contributed by atoms with Crippen LogP contribution in [0.3, 0.4) is 0 Å². The van der Waals surface area contributed by atoms with Gasteiger partial charge in [-0.25, -0.2) is 9.78 Å². The summed E-state index contributed by atoms with van der Waals surface area (Å²) in [7, 11) is 0. The van der Waals surface area contributed by atoms with Crippen molar-refractivity contribution in [2.45, 2.75) is 51.4 Å². The van der Waals surface area contributed by atoms with E-state index in [1.54, 1.807) is 17.3 Å². The van der Waals surface area contributed by atoms with Gasteiger partial charge in [-0.3, -0.25) is 0 Å². The third-order valence-corrected chi connectivity index (χ3v) is 5.90. The van der Waals surface area contributed by atoms with E-state index in [1.807, 2.05) is 57.2 Å². The number of nitrogens with zero attached hydrogens (tertiary/aromatic N) is 2. The van der Waals surface area contributed by atoms with Crippen LogP contribution in [0.4, 0.5) is 4.79 Å². The number of aromatic nitrogens is 2. The molecule has 0 radical (unpaired) electrons. The Morgan fingerprint density at radius 3 is 2.71 bits per heavy atom. The number of nitrogens with one attached hydrogen (secondary N) is 1. The molecule has 1 aliphatic heterocycles. The highest BCUT2D eigenvalue weighted by Crippen LogP contribution is 2.31. The number of halogens is 1. The molecule has 0 aliphatic carbocycles. The Kier molecular flexibility index (Phi) is 7.98. The number of ether oxygens (including phenoxy) is 3. The van der Waals surface area contributed by atoms with Crippen LogP contribution in [0.5, 0.6) is 5.75 Å². The molecule has 3 aromatic rings. The molecule has 0 spiro atoms. The standard InChI is InChI=1S/C27H32ClN3O4/c1-27(2,3)35-26(32)31-13-14-33-21(18-31)15-20-9-10-23(22(28)16-20)34-24(25-29-11-12-30-25)17-19-7-5-4-6-8-19/h4-12,16,21,24H,13-15,17-18H2,1-3H3,(H,29,30)/t21?,24-/m1/s1. The summed E-state index contributed by atoms with van der Waals surface area (Å²) in [4.78, 5) is 21.7. The molecule has 2 atom stereocenters. The molecule has 1 N–H and O–H groups in total. The second kappa shape index (κ2) is 11.1. The lowest BCUT2D eigenvalue weighted by Gasteiger charge is -2.34. The van der Waals surface area contributed by atoms with E-state index < -0.39 is 5.60 Å². The summed E-state index contributed by atoms with van der Waals surface area (Å²) in [5, 5.41) is 0.520. The number of hydrogen-bond acceptors (Lipinski definition) is 5. The molecule has 8 heteroatoms. The van der Waals surface area contributed by atoms with Gasteiger partial charge in [0.05, 0.1) is 24.3 Å². The number of carbonyl (C=O) groups excluding carboxylic acids is 1. The summed E-state index contributed by atoms with van der Waals surface area (Å²) in [6.45, 7) is 7.07. The van der Waals surface area contributed by atoms with E-state index in [9.17, 15) is 4.79 Å². The monoisotopic (exact) mass is 497 g/mol. The fourth-order valence-electron chi connectivity index (χ4n) is 3.99. The zero-order valence-electron chi connectivity index (χ0n) is 20.4. The number of morpholine rings is 1. The van der Waals surface area contributed by atoms with Gasteiger partial charge in [0.25, 0.3) is 0 Å². The summed E-state index contributed by atoms with van der Waals surface area (Å²) in [6, 6.07) is 15.9. The molecule has 1 unspecified atom stereocenters. The lowest BCUT2D eigenvalue weighted by molar-refractivity contribution is -0.0415. The van der Waals surface area contributed by atoms with Crippen molar-refractivity contribution in [1.82, 2.24) is 14.9 Å². The minimum atomic E-state index is -0.526. The Balaban J connectivity index is 1.41. The molecular weight excluding hydrogens is 466 g/mol. The van der Waals surface area contributed by atoms with E-state index in [2.05, 4.69) is 22.1 Å². The summed E-state index contributed by atoms with van der Waals surface area (Å²) in [6.07, 6.45) is 4.04. The molecule has 35 heavy (non-hydrogen) atoms. The molecule has 2 aromatic carbocycles. The normalized spacial score (nSPS) is 17.1. The Morgan fingerprint density at radius 2 is 2.03 bits per heavy atom. The third kappa shape index (κ3) is 7.23. The van der Waals surface area contributed by atoms with Crippen LogP contribution in [0.25, 0.3) is 0 Å². The highest BCUT2D eigenvalue weighted by Gasteiger charge is 2.28. The maximum absolute atomic E-state index is 12.4. The summed E-state index contributed by atoms with van der Waals surface area (Å²) in [5.41, 5.74) is 1.63. The average Bonchev–Trinajstić information content (AvgIpc) is 3.35. The van der Waals surface area contributed by atoms with Crippen molar-refractivity contribution < 1.29 is 19.0 Å². The SMILES string of the molecule is CC(C)(C)OC(=O)N1CCOC(Cc2ccc(O[C@H](Cc3ccccc3)c3ncc[nH]3)c(Cl)c2)C1. The highest BCUT2D eigenvalue weighted by molar-refractivity contribution is 6.32. The molecule has 1 fully saturated rings. The van der Waals surface area contributed by atoms with Crippen molar-refractivity contribution >= 4 is 17.7 Å². The maximum Gasteiger partial charge on any atom is 0.410 e. The summed E-state index contributed by atoms with van der Waals surface area (Å²) < 4.78 is 17.7. The molecular formula is C27H32ClN3O4. The van der Waals surface area contributed by atoms with Gasteiger partial charge in [0.2, 0.25) is 0 Å². The van der Waals surface area contributed by atoms with Crippen LogP contribution in [0.15, 0.2) is 60.9 Å². The molecule has 186 valence electrons. The van der Waals surface area contributed by atoms with Gasteiger partial charge in [-0.05, 0) is 44.0 Å². The van der Waals surface area contributed by atoms with E-state index in [0.29, 0.717) is 43.3 Å². The highest BCUT2D eigenvalue weighted by atomic mass is 35.5. The van der Waals surface area contributed by atoms with Crippen molar-refractivity contribution in [3.63, 3.8) is 0 Å². The number of amides is 1. The van der Waals surface area contributed by atoms with Crippen LogP contribution < -0.4 is 4.74 Å². The van der Waals surface area contributed by atoms with Crippen LogP contribution in [0.2, 0.25) is 5.02 Å². The Hall–Kier alpha value is -3.03. The van der Waals surface area contributed by atoms with Crippen LogP contribution in [0.1, 0.15) is 43.8 Å². The molecule has 0 bridgehead atoms. The van der Waals surface area contributed by atoms with Gasteiger partial charge in [-0.1, -0.05) is 48.0 Å². The minimum Gasteiger partial charge on any atom is -0.481 e. The van der Waals surface area contributed by atoms with Gasteiger partial charge in [0.15, 0.2) is 6.10 Å². The fourth-order valence-corrected chi connectivity index (χ4v) is 4.24. The average molecular weight is 498 g/mol. The second-order valence-corrected chi connectivity index (χ2v) is 10.1. The number of aromatic amines is 1. The third-order valence-electron chi connectivity index (χ3n) is 5.61. The molecule has 0 saturated carbocycles. The molecule has 1 amide bonds.